The van der Waals surface area contributed by atoms with Gasteiger partial charge in [-0.3, -0.25) is 4.79 Å². The van der Waals surface area contributed by atoms with Crippen molar-refractivity contribution in [3.8, 4) is 16.9 Å². The van der Waals surface area contributed by atoms with Gasteiger partial charge in [-0.2, -0.15) is 0 Å². The van der Waals surface area contributed by atoms with Gasteiger partial charge < -0.3 is 15.0 Å². The molecule has 0 unspecified atom stereocenters. The molecule has 0 bridgehead atoms. The second kappa shape index (κ2) is 10.1. The third-order valence-electron chi connectivity index (χ3n) is 7.53. The summed E-state index contributed by atoms with van der Waals surface area (Å²) in [7, 11) is 1.69. The highest BCUT2D eigenvalue weighted by molar-refractivity contribution is 5.83. The molecule has 1 N–H and O–H groups in total. The number of carbonyl (C=O) groups excluding carboxylic acids is 1. The van der Waals surface area contributed by atoms with E-state index in [2.05, 4.69) is 56.6 Å². The molecule has 1 amide bonds. The lowest BCUT2D eigenvalue weighted by Gasteiger charge is -2.32. The number of ether oxygens (including phenoxy) is 1. The van der Waals surface area contributed by atoms with Gasteiger partial charge in [-0.15, -0.1) is 0 Å². The number of benzene rings is 3. The lowest BCUT2D eigenvalue weighted by molar-refractivity contribution is -0.122. The molecule has 0 spiro atoms. The quantitative estimate of drug-likeness (QED) is 0.389. The number of hydrogen-bond acceptors (Lipinski definition) is 5. The molecule has 2 heterocycles. The van der Waals surface area contributed by atoms with Gasteiger partial charge in [-0.25, -0.2) is 9.97 Å². The van der Waals surface area contributed by atoms with E-state index in [4.69, 9.17) is 4.74 Å². The first-order chi connectivity index (χ1) is 18.2. The number of amides is 1. The Labute approximate surface area is 217 Å². The van der Waals surface area contributed by atoms with Gasteiger partial charge in [-0.1, -0.05) is 54.6 Å². The Kier molecular flexibility index (Phi) is 6.31. The number of nitrogens with one attached hydrogen (secondary N) is 1. The van der Waals surface area contributed by atoms with Crippen molar-refractivity contribution in [1.82, 2.24) is 15.3 Å². The molecule has 1 aromatic heterocycles. The molecule has 0 radical (unpaired) electrons. The number of aromatic nitrogens is 2. The second-order valence-electron chi connectivity index (χ2n) is 9.76. The fraction of sp³-hybridized carbons (Fsp3) is 0.258. The summed E-state index contributed by atoms with van der Waals surface area (Å²) in [5.41, 5.74) is 7.31. The van der Waals surface area contributed by atoms with Crippen LogP contribution in [0.1, 0.15) is 34.6 Å². The van der Waals surface area contributed by atoms with Gasteiger partial charge in [0, 0.05) is 37.9 Å². The normalized spacial score (nSPS) is 18.1. The predicted octanol–water partition coefficient (Wildman–Crippen LogP) is 5.13. The standard InChI is InChI=1S/C31H30N4O2/c1-37-24-10-5-9-22(17-24)25-12-11-23(19-34-30(36)28-18-27(28)21-7-3-2-4-8-21)29-20-35(16-13-26(25)29)31-32-14-6-15-33-31/h2-12,14-15,17,27-28H,13,16,18-20H2,1H3,(H,34,36)/t27-,28-/m0/s1. The largest absolute Gasteiger partial charge is 0.497 e. The first kappa shape index (κ1) is 23.2. The van der Waals surface area contributed by atoms with Crippen LogP contribution < -0.4 is 15.0 Å². The van der Waals surface area contributed by atoms with Crippen LogP contribution in [-0.4, -0.2) is 29.5 Å². The van der Waals surface area contributed by atoms with Gasteiger partial charge in [0.25, 0.3) is 0 Å². The van der Waals surface area contributed by atoms with E-state index in [0.29, 0.717) is 19.0 Å². The molecule has 4 aromatic rings. The Balaban J connectivity index is 1.27. The topological polar surface area (TPSA) is 67.3 Å². The number of rotatable bonds is 7. The van der Waals surface area contributed by atoms with Crippen LogP contribution in [0.5, 0.6) is 5.75 Å². The second-order valence-corrected chi connectivity index (χ2v) is 9.76. The smallest absolute Gasteiger partial charge is 0.225 e. The summed E-state index contributed by atoms with van der Waals surface area (Å²) >= 11 is 0. The zero-order valence-electron chi connectivity index (χ0n) is 20.9. The summed E-state index contributed by atoms with van der Waals surface area (Å²) in [4.78, 5) is 24.2. The number of carbonyl (C=O) groups is 1. The molecular formula is C31H30N4O2. The van der Waals surface area contributed by atoms with Gasteiger partial charge in [0.15, 0.2) is 0 Å². The summed E-state index contributed by atoms with van der Waals surface area (Å²) in [6.45, 7) is 2.06. The third kappa shape index (κ3) is 4.79. The van der Waals surface area contributed by atoms with E-state index in [1.807, 2.05) is 36.4 Å². The van der Waals surface area contributed by atoms with Crippen LogP contribution in [0, 0.1) is 5.92 Å². The average Bonchev–Trinajstić information content (AvgIpc) is 3.78. The van der Waals surface area contributed by atoms with E-state index in [0.717, 1.165) is 42.2 Å². The fourth-order valence-corrected chi connectivity index (χ4v) is 5.46. The summed E-state index contributed by atoms with van der Waals surface area (Å²) in [5.74, 6) is 2.10. The van der Waals surface area contributed by atoms with Crippen LogP contribution >= 0.6 is 0 Å². The van der Waals surface area contributed by atoms with Crippen LogP contribution in [-0.2, 0) is 24.3 Å². The Bertz CT molecular complexity index is 1410. The van der Waals surface area contributed by atoms with Crippen molar-refractivity contribution >= 4 is 11.9 Å². The minimum Gasteiger partial charge on any atom is -0.497 e. The molecule has 6 heteroatoms. The zero-order valence-corrected chi connectivity index (χ0v) is 20.9. The highest BCUT2D eigenvalue weighted by atomic mass is 16.5. The van der Waals surface area contributed by atoms with Gasteiger partial charge in [-0.05, 0) is 70.3 Å². The van der Waals surface area contributed by atoms with Crippen LogP contribution in [0.3, 0.4) is 0 Å². The number of hydrogen-bond donors (Lipinski definition) is 1. The van der Waals surface area contributed by atoms with Gasteiger partial charge in [0.05, 0.1) is 7.11 Å². The van der Waals surface area contributed by atoms with E-state index < -0.39 is 0 Å². The van der Waals surface area contributed by atoms with Crippen molar-refractivity contribution in [3.63, 3.8) is 0 Å². The van der Waals surface area contributed by atoms with Crippen molar-refractivity contribution in [1.29, 1.82) is 0 Å². The third-order valence-corrected chi connectivity index (χ3v) is 7.53. The SMILES string of the molecule is COc1cccc(-c2ccc(CNC(=O)[C@H]3C[C@H]3c3ccccc3)c3c2CCN(c2ncccn2)C3)c1. The van der Waals surface area contributed by atoms with Crippen molar-refractivity contribution in [2.75, 3.05) is 18.6 Å². The lowest BCUT2D eigenvalue weighted by Crippen LogP contribution is -2.34. The molecular weight excluding hydrogens is 460 g/mol. The van der Waals surface area contributed by atoms with Crippen molar-refractivity contribution in [3.05, 3.63) is 107 Å². The molecule has 3 aromatic carbocycles. The van der Waals surface area contributed by atoms with Crippen molar-refractivity contribution < 1.29 is 9.53 Å². The van der Waals surface area contributed by atoms with E-state index >= 15 is 0 Å². The monoisotopic (exact) mass is 490 g/mol. The Morgan fingerprint density at radius 1 is 1.00 bits per heavy atom. The zero-order chi connectivity index (χ0) is 25.2. The maximum atomic E-state index is 13.0. The molecule has 2 aliphatic rings. The summed E-state index contributed by atoms with van der Waals surface area (Å²) in [6, 6.07) is 24.7. The summed E-state index contributed by atoms with van der Waals surface area (Å²) in [6.07, 6.45) is 5.36. The number of fused-ring (bicyclic) bond motifs is 1. The predicted molar refractivity (Wildman–Crippen MR) is 144 cm³/mol. The molecule has 2 atom stereocenters. The number of anilines is 1. The molecule has 1 fully saturated rings. The molecule has 6 rings (SSSR count). The van der Waals surface area contributed by atoms with Crippen LogP contribution in [0.25, 0.3) is 11.1 Å². The number of nitrogens with zero attached hydrogens (tertiary/aromatic N) is 3. The highest BCUT2D eigenvalue weighted by Gasteiger charge is 2.43. The van der Waals surface area contributed by atoms with E-state index in [1.54, 1.807) is 19.5 Å². The molecule has 0 saturated heterocycles. The molecule has 1 saturated carbocycles. The van der Waals surface area contributed by atoms with Crippen molar-refractivity contribution in [2.45, 2.75) is 31.8 Å². The molecule has 1 aliphatic carbocycles. The van der Waals surface area contributed by atoms with Gasteiger partial charge in [0.2, 0.25) is 11.9 Å². The fourth-order valence-electron chi connectivity index (χ4n) is 5.46. The summed E-state index contributed by atoms with van der Waals surface area (Å²) < 4.78 is 5.48. The molecule has 186 valence electrons. The maximum Gasteiger partial charge on any atom is 0.225 e. The molecule has 37 heavy (non-hydrogen) atoms. The highest BCUT2D eigenvalue weighted by Crippen LogP contribution is 2.47. The lowest BCUT2D eigenvalue weighted by atomic mass is 9.87. The van der Waals surface area contributed by atoms with Crippen molar-refractivity contribution in [2.24, 2.45) is 5.92 Å². The minimum absolute atomic E-state index is 0.0588. The Morgan fingerprint density at radius 2 is 1.84 bits per heavy atom. The Morgan fingerprint density at radius 3 is 2.65 bits per heavy atom. The van der Waals surface area contributed by atoms with E-state index in [-0.39, 0.29) is 11.8 Å². The average molecular weight is 491 g/mol. The van der Waals surface area contributed by atoms with Gasteiger partial charge >= 0.3 is 0 Å². The summed E-state index contributed by atoms with van der Waals surface area (Å²) in [5, 5.41) is 3.23. The minimum atomic E-state index is 0.0588. The van der Waals surface area contributed by atoms with E-state index in [9.17, 15) is 4.79 Å². The first-order valence-corrected chi connectivity index (χ1v) is 12.8. The molecule has 6 nitrogen and oxygen atoms in total. The van der Waals surface area contributed by atoms with Crippen LogP contribution in [0.4, 0.5) is 5.95 Å². The van der Waals surface area contributed by atoms with Crippen LogP contribution in [0.2, 0.25) is 0 Å². The maximum absolute atomic E-state index is 13.0. The molecule has 1 aliphatic heterocycles. The Hall–Kier alpha value is -4.19. The van der Waals surface area contributed by atoms with Gasteiger partial charge in [0.1, 0.15) is 5.75 Å². The van der Waals surface area contributed by atoms with E-state index in [1.165, 1.54) is 22.3 Å². The first-order valence-electron chi connectivity index (χ1n) is 12.8. The van der Waals surface area contributed by atoms with Crippen LogP contribution in [0.15, 0.2) is 85.2 Å². The number of methoxy groups -OCH3 is 1.